The number of thiocarbonyl (C=S) groups is 1. The maximum absolute atomic E-state index is 5.36. The fraction of sp³-hybridized carbons (Fsp3) is 0.529. The highest BCUT2D eigenvalue weighted by Crippen LogP contribution is 2.07. The fourth-order valence-corrected chi connectivity index (χ4v) is 2.81. The van der Waals surface area contributed by atoms with Crippen molar-refractivity contribution in [3.8, 4) is 0 Å². The minimum Gasteiger partial charge on any atom is -0.370 e. The highest BCUT2D eigenvalue weighted by Gasteiger charge is 2.12. The standard InChI is InChI=1S/C17H26N4OS/c1-14-6-3-4-7-16(14)15(2)19-20-17(23)18-8-5-9-21-10-12-22-13-11-21/h3-4,6-7H,5,8-13H2,1-2H3,(H2,18,20,23)/p+1/b19-15-. The number of morpholine rings is 1. The molecular weight excluding hydrogens is 308 g/mol. The molecule has 0 radical (unpaired) electrons. The summed E-state index contributed by atoms with van der Waals surface area (Å²) in [6, 6.07) is 8.20. The molecule has 0 saturated carbocycles. The molecule has 1 saturated heterocycles. The summed E-state index contributed by atoms with van der Waals surface area (Å²) in [5.41, 5.74) is 6.21. The molecular formula is C17H27N4OS+. The lowest BCUT2D eigenvalue weighted by atomic mass is 10.1. The van der Waals surface area contributed by atoms with E-state index in [0.29, 0.717) is 5.11 Å². The van der Waals surface area contributed by atoms with Gasteiger partial charge in [0.05, 0.1) is 25.5 Å². The Morgan fingerprint density at radius 1 is 1.30 bits per heavy atom. The van der Waals surface area contributed by atoms with Crippen LogP contribution in [0.25, 0.3) is 0 Å². The third kappa shape index (κ3) is 6.25. The highest BCUT2D eigenvalue weighted by molar-refractivity contribution is 7.80. The molecule has 3 N–H and O–H groups in total. The second-order valence-electron chi connectivity index (χ2n) is 5.85. The topological polar surface area (TPSA) is 50.1 Å². The van der Waals surface area contributed by atoms with Crippen molar-refractivity contribution in [3.63, 3.8) is 0 Å². The first kappa shape index (κ1) is 17.8. The van der Waals surface area contributed by atoms with Crippen molar-refractivity contribution in [2.45, 2.75) is 20.3 Å². The van der Waals surface area contributed by atoms with Crippen LogP contribution in [-0.2, 0) is 4.74 Å². The van der Waals surface area contributed by atoms with Crippen LogP contribution in [0.5, 0.6) is 0 Å². The fourth-order valence-electron chi connectivity index (χ4n) is 2.66. The molecule has 1 aliphatic heterocycles. The molecule has 0 aliphatic carbocycles. The summed E-state index contributed by atoms with van der Waals surface area (Å²) in [4.78, 5) is 1.62. The van der Waals surface area contributed by atoms with E-state index in [1.54, 1.807) is 4.90 Å². The molecule has 0 aromatic heterocycles. The molecule has 1 aromatic rings. The smallest absolute Gasteiger partial charge is 0.186 e. The van der Waals surface area contributed by atoms with E-state index in [4.69, 9.17) is 17.0 Å². The predicted molar refractivity (Wildman–Crippen MR) is 98.1 cm³/mol. The average molecular weight is 335 g/mol. The van der Waals surface area contributed by atoms with Crippen LogP contribution >= 0.6 is 12.2 Å². The van der Waals surface area contributed by atoms with Gasteiger partial charge in [0.1, 0.15) is 13.1 Å². The number of ether oxygens (including phenoxy) is 1. The van der Waals surface area contributed by atoms with Gasteiger partial charge in [-0.2, -0.15) is 5.10 Å². The maximum atomic E-state index is 5.36. The highest BCUT2D eigenvalue weighted by atomic mass is 32.1. The van der Waals surface area contributed by atoms with Gasteiger partial charge >= 0.3 is 0 Å². The zero-order valence-corrected chi connectivity index (χ0v) is 14.8. The first-order valence-corrected chi connectivity index (χ1v) is 8.63. The third-order valence-electron chi connectivity index (χ3n) is 4.05. The third-order valence-corrected chi connectivity index (χ3v) is 4.29. The average Bonchev–Trinajstić information content (AvgIpc) is 2.58. The van der Waals surface area contributed by atoms with Gasteiger partial charge in [0.25, 0.3) is 0 Å². The molecule has 0 spiro atoms. The number of hydrogen-bond acceptors (Lipinski definition) is 3. The maximum Gasteiger partial charge on any atom is 0.186 e. The van der Waals surface area contributed by atoms with Gasteiger partial charge in [-0.1, -0.05) is 24.3 Å². The minimum absolute atomic E-state index is 0.579. The summed E-state index contributed by atoms with van der Waals surface area (Å²) >= 11 is 5.27. The zero-order valence-electron chi connectivity index (χ0n) is 14.0. The molecule has 1 fully saturated rings. The number of benzene rings is 1. The Balaban J connectivity index is 1.66. The summed E-state index contributed by atoms with van der Waals surface area (Å²) in [7, 11) is 0. The van der Waals surface area contributed by atoms with Crippen LogP contribution in [0, 0.1) is 6.92 Å². The Labute approximate surface area is 144 Å². The number of hydrogen-bond donors (Lipinski definition) is 3. The van der Waals surface area contributed by atoms with Crippen LogP contribution in [0.4, 0.5) is 0 Å². The summed E-state index contributed by atoms with van der Waals surface area (Å²) in [5, 5.41) is 8.16. The molecule has 0 atom stereocenters. The SMILES string of the molecule is C/C(=N/NC(=S)NCCC[NH+]1CCOCC1)c1ccccc1C. The van der Waals surface area contributed by atoms with Crippen LogP contribution in [0.3, 0.4) is 0 Å². The molecule has 0 bridgehead atoms. The molecule has 1 heterocycles. The van der Waals surface area contributed by atoms with Crippen molar-refractivity contribution in [3.05, 3.63) is 35.4 Å². The van der Waals surface area contributed by atoms with Crippen LogP contribution in [-0.4, -0.2) is 50.2 Å². The number of hydrazone groups is 1. The molecule has 2 rings (SSSR count). The molecule has 126 valence electrons. The van der Waals surface area contributed by atoms with Crippen molar-refractivity contribution in [2.24, 2.45) is 5.10 Å². The van der Waals surface area contributed by atoms with E-state index in [2.05, 4.69) is 34.9 Å². The first-order chi connectivity index (χ1) is 11.2. The normalized spacial score (nSPS) is 16.2. The van der Waals surface area contributed by atoms with Crippen LogP contribution < -0.4 is 15.6 Å². The Morgan fingerprint density at radius 2 is 2.04 bits per heavy atom. The number of rotatable bonds is 6. The molecule has 6 heteroatoms. The van der Waals surface area contributed by atoms with Gasteiger partial charge < -0.3 is 15.0 Å². The number of nitrogens with zero attached hydrogens (tertiary/aromatic N) is 1. The lowest BCUT2D eigenvalue weighted by molar-refractivity contribution is -0.908. The summed E-state index contributed by atoms with van der Waals surface area (Å²) in [6.07, 6.45) is 1.09. The van der Waals surface area contributed by atoms with Gasteiger partial charge in [0.15, 0.2) is 5.11 Å². The lowest BCUT2D eigenvalue weighted by Gasteiger charge is -2.23. The van der Waals surface area contributed by atoms with Gasteiger partial charge in [-0.3, -0.25) is 5.43 Å². The van der Waals surface area contributed by atoms with Crippen molar-refractivity contribution in [1.82, 2.24) is 10.7 Å². The minimum atomic E-state index is 0.579. The Hall–Kier alpha value is -1.50. The second-order valence-corrected chi connectivity index (χ2v) is 6.25. The van der Waals surface area contributed by atoms with Crippen molar-refractivity contribution >= 4 is 23.0 Å². The van der Waals surface area contributed by atoms with Gasteiger partial charge in [0, 0.05) is 18.5 Å². The Bertz CT molecular complexity index is 541. The monoisotopic (exact) mass is 335 g/mol. The van der Waals surface area contributed by atoms with E-state index in [1.165, 1.54) is 5.56 Å². The Kier molecular flexibility index (Phi) is 7.45. The summed E-state index contributed by atoms with van der Waals surface area (Å²) in [5.74, 6) is 0. The number of nitrogens with one attached hydrogen (secondary N) is 3. The van der Waals surface area contributed by atoms with Crippen LogP contribution in [0.2, 0.25) is 0 Å². The molecule has 23 heavy (non-hydrogen) atoms. The lowest BCUT2D eigenvalue weighted by Crippen LogP contribution is -3.14. The number of aryl methyl sites for hydroxylation is 1. The summed E-state index contributed by atoms with van der Waals surface area (Å²) < 4.78 is 5.36. The van der Waals surface area contributed by atoms with Gasteiger partial charge in [-0.15, -0.1) is 0 Å². The Morgan fingerprint density at radius 3 is 2.78 bits per heavy atom. The first-order valence-electron chi connectivity index (χ1n) is 8.22. The van der Waals surface area contributed by atoms with E-state index in [1.807, 2.05) is 19.1 Å². The predicted octanol–water partition coefficient (Wildman–Crippen LogP) is 0.488. The van der Waals surface area contributed by atoms with E-state index in [9.17, 15) is 0 Å². The van der Waals surface area contributed by atoms with Crippen LogP contribution in [0.15, 0.2) is 29.4 Å². The largest absolute Gasteiger partial charge is 0.370 e. The quantitative estimate of drug-likeness (QED) is 0.306. The van der Waals surface area contributed by atoms with E-state index in [0.717, 1.165) is 57.1 Å². The van der Waals surface area contributed by atoms with Crippen molar-refractivity contribution < 1.29 is 9.64 Å². The van der Waals surface area contributed by atoms with E-state index in [-0.39, 0.29) is 0 Å². The van der Waals surface area contributed by atoms with Crippen LogP contribution in [0.1, 0.15) is 24.5 Å². The van der Waals surface area contributed by atoms with Crippen molar-refractivity contribution in [2.75, 3.05) is 39.4 Å². The molecule has 0 amide bonds. The molecule has 1 aliphatic rings. The van der Waals surface area contributed by atoms with E-state index < -0.39 is 0 Å². The second kappa shape index (κ2) is 9.60. The summed E-state index contributed by atoms with van der Waals surface area (Å²) in [6.45, 7) is 10.1. The van der Waals surface area contributed by atoms with E-state index >= 15 is 0 Å². The van der Waals surface area contributed by atoms with Gasteiger partial charge in [0.2, 0.25) is 0 Å². The number of quaternary nitrogens is 1. The van der Waals surface area contributed by atoms with Gasteiger partial charge in [-0.05, 0) is 31.6 Å². The molecule has 1 aromatic carbocycles. The zero-order chi connectivity index (χ0) is 16.5. The van der Waals surface area contributed by atoms with Gasteiger partial charge in [-0.25, -0.2) is 0 Å². The van der Waals surface area contributed by atoms with Crippen molar-refractivity contribution in [1.29, 1.82) is 0 Å². The molecule has 5 nitrogen and oxygen atoms in total. The molecule has 0 unspecified atom stereocenters.